The highest BCUT2D eigenvalue weighted by atomic mass is 35.5. The summed E-state index contributed by atoms with van der Waals surface area (Å²) in [6.07, 6.45) is 2.49. The van der Waals surface area contributed by atoms with Gasteiger partial charge in [-0.25, -0.2) is 0 Å². The van der Waals surface area contributed by atoms with E-state index in [1.54, 1.807) is 24.4 Å². The lowest BCUT2D eigenvalue weighted by Gasteiger charge is -2.09. The van der Waals surface area contributed by atoms with Gasteiger partial charge in [-0.05, 0) is 30.7 Å². The Kier molecular flexibility index (Phi) is 4.96. The molecule has 0 saturated heterocycles. The third-order valence-electron chi connectivity index (χ3n) is 2.68. The van der Waals surface area contributed by atoms with Gasteiger partial charge in [0.15, 0.2) is 0 Å². The maximum Gasteiger partial charge on any atom is 0.269 e. The molecule has 1 aromatic carbocycles. The number of nitrogens with one attached hydrogen (secondary N) is 2. The average molecular weight is 290 g/mol. The summed E-state index contributed by atoms with van der Waals surface area (Å²) in [5.74, 6) is -0.172. The first-order chi connectivity index (χ1) is 9.70. The summed E-state index contributed by atoms with van der Waals surface area (Å²) in [6, 6.07) is 10.9. The topological polar surface area (TPSA) is 54.0 Å². The highest BCUT2D eigenvalue weighted by molar-refractivity contribution is 6.33. The lowest BCUT2D eigenvalue weighted by Crippen LogP contribution is -2.24. The molecule has 2 N–H and O–H groups in total. The molecule has 1 amide bonds. The van der Waals surface area contributed by atoms with Crippen molar-refractivity contribution in [2.75, 3.05) is 11.9 Å². The van der Waals surface area contributed by atoms with Crippen LogP contribution in [0.4, 0.5) is 11.4 Å². The van der Waals surface area contributed by atoms with E-state index < -0.39 is 0 Å². The summed E-state index contributed by atoms with van der Waals surface area (Å²) in [5.41, 5.74) is 1.95. The van der Waals surface area contributed by atoms with Crippen molar-refractivity contribution in [1.29, 1.82) is 0 Å². The van der Waals surface area contributed by atoms with Crippen LogP contribution in [0.1, 0.15) is 23.8 Å². The number of para-hydroxylation sites is 1. The highest BCUT2D eigenvalue weighted by Crippen LogP contribution is 2.24. The predicted molar refractivity (Wildman–Crippen MR) is 81.6 cm³/mol. The first-order valence-corrected chi connectivity index (χ1v) is 6.84. The van der Waals surface area contributed by atoms with Gasteiger partial charge in [-0.1, -0.05) is 30.7 Å². The first kappa shape index (κ1) is 14.3. The molecular weight excluding hydrogens is 274 g/mol. The SMILES string of the molecule is CCCNC(=O)c1cc(Nc2ccccc2Cl)ccn1. The fraction of sp³-hybridized carbons (Fsp3) is 0.200. The second-order valence-corrected chi connectivity index (χ2v) is 4.70. The van der Waals surface area contributed by atoms with Crippen molar-refractivity contribution >= 4 is 28.9 Å². The van der Waals surface area contributed by atoms with Crippen molar-refractivity contribution in [1.82, 2.24) is 10.3 Å². The van der Waals surface area contributed by atoms with Crippen molar-refractivity contribution in [3.63, 3.8) is 0 Å². The van der Waals surface area contributed by atoms with Crippen LogP contribution in [0.3, 0.4) is 0 Å². The Balaban J connectivity index is 2.14. The van der Waals surface area contributed by atoms with Crippen molar-refractivity contribution in [3.05, 3.63) is 53.3 Å². The van der Waals surface area contributed by atoms with Gasteiger partial charge in [-0.15, -0.1) is 0 Å². The van der Waals surface area contributed by atoms with Crippen LogP contribution in [0.15, 0.2) is 42.6 Å². The van der Waals surface area contributed by atoms with Gasteiger partial charge in [0.2, 0.25) is 0 Å². The Morgan fingerprint density at radius 1 is 1.30 bits per heavy atom. The van der Waals surface area contributed by atoms with Gasteiger partial charge < -0.3 is 10.6 Å². The molecule has 0 aliphatic rings. The molecule has 0 spiro atoms. The number of carbonyl (C=O) groups is 1. The molecule has 0 radical (unpaired) electrons. The first-order valence-electron chi connectivity index (χ1n) is 6.46. The number of pyridine rings is 1. The number of carbonyl (C=O) groups excluding carboxylic acids is 1. The van der Waals surface area contributed by atoms with Gasteiger partial charge in [0, 0.05) is 18.4 Å². The van der Waals surface area contributed by atoms with Crippen LogP contribution < -0.4 is 10.6 Å². The monoisotopic (exact) mass is 289 g/mol. The molecule has 0 fully saturated rings. The number of benzene rings is 1. The number of hydrogen-bond acceptors (Lipinski definition) is 3. The van der Waals surface area contributed by atoms with E-state index in [2.05, 4.69) is 15.6 Å². The van der Waals surface area contributed by atoms with Crippen molar-refractivity contribution in [2.24, 2.45) is 0 Å². The second-order valence-electron chi connectivity index (χ2n) is 4.29. The maximum absolute atomic E-state index is 11.8. The maximum atomic E-state index is 11.8. The van der Waals surface area contributed by atoms with E-state index in [4.69, 9.17) is 11.6 Å². The number of halogens is 1. The summed E-state index contributed by atoms with van der Waals surface area (Å²) in [5, 5.41) is 6.59. The fourth-order valence-electron chi connectivity index (χ4n) is 1.68. The molecular formula is C15H16ClN3O. The molecule has 0 aliphatic heterocycles. The number of nitrogens with zero attached hydrogens (tertiary/aromatic N) is 1. The number of hydrogen-bond donors (Lipinski definition) is 2. The Morgan fingerprint density at radius 3 is 2.85 bits per heavy atom. The molecule has 2 rings (SSSR count). The lowest BCUT2D eigenvalue weighted by atomic mass is 10.2. The average Bonchev–Trinajstić information content (AvgIpc) is 2.47. The zero-order valence-corrected chi connectivity index (χ0v) is 11.9. The zero-order chi connectivity index (χ0) is 14.4. The number of anilines is 2. The van der Waals surface area contributed by atoms with Crippen LogP contribution in [0.2, 0.25) is 5.02 Å². The van der Waals surface area contributed by atoms with E-state index in [0.717, 1.165) is 17.8 Å². The number of rotatable bonds is 5. The summed E-state index contributed by atoms with van der Waals surface area (Å²) in [6.45, 7) is 2.64. The smallest absolute Gasteiger partial charge is 0.269 e. The minimum absolute atomic E-state index is 0.172. The lowest BCUT2D eigenvalue weighted by molar-refractivity contribution is 0.0949. The minimum atomic E-state index is -0.172. The standard InChI is InChI=1S/C15H16ClN3O/c1-2-8-18-15(20)14-10-11(7-9-17-14)19-13-6-4-3-5-12(13)16/h3-7,9-10H,2,8H2,1H3,(H,17,19)(H,18,20). The molecule has 2 aromatic rings. The van der Waals surface area contributed by atoms with E-state index in [1.807, 2.05) is 25.1 Å². The van der Waals surface area contributed by atoms with E-state index >= 15 is 0 Å². The fourth-order valence-corrected chi connectivity index (χ4v) is 1.86. The zero-order valence-electron chi connectivity index (χ0n) is 11.2. The van der Waals surface area contributed by atoms with Gasteiger partial charge in [0.05, 0.1) is 10.7 Å². The van der Waals surface area contributed by atoms with E-state index in [0.29, 0.717) is 17.3 Å². The van der Waals surface area contributed by atoms with E-state index in [9.17, 15) is 4.79 Å². The molecule has 1 aromatic heterocycles. The van der Waals surface area contributed by atoms with Crippen molar-refractivity contribution < 1.29 is 4.79 Å². The number of aromatic nitrogens is 1. The molecule has 0 aliphatic carbocycles. The molecule has 5 heteroatoms. The summed E-state index contributed by atoms with van der Waals surface area (Å²) in [7, 11) is 0. The Labute approximate surface area is 123 Å². The second kappa shape index (κ2) is 6.91. The van der Waals surface area contributed by atoms with Crippen LogP contribution in [-0.2, 0) is 0 Å². The van der Waals surface area contributed by atoms with Crippen LogP contribution in [0.5, 0.6) is 0 Å². The van der Waals surface area contributed by atoms with Crippen LogP contribution in [0.25, 0.3) is 0 Å². The van der Waals surface area contributed by atoms with Gasteiger partial charge in [0.25, 0.3) is 5.91 Å². The third kappa shape index (κ3) is 3.71. The predicted octanol–water partition coefficient (Wildman–Crippen LogP) is 3.62. The largest absolute Gasteiger partial charge is 0.354 e. The number of amides is 1. The molecule has 1 heterocycles. The molecule has 4 nitrogen and oxygen atoms in total. The highest BCUT2D eigenvalue weighted by Gasteiger charge is 2.07. The Hall–Kier alpha value is -2.07. The van der Waals surface area contributed by atoms with Gasteiger partial charge in [0.1, 0.15) is 5.69 Å². The van der Waals surface area contributed by atoms with Crippen LogP contribution in [-0.4, -0.2) is 17.4 Å². The Morgan fingerprint density at radius 2 is 2.10 bits per heavy atom. The van der Waals surface area contributed by atoms with E-state index in [1.165, 1.54) is 0 Å². The quantitative estimate of drug-likeness (QED) is 0.884. The molecule has 0 bridgehead atoms. The molecule has 20 heavy (non-hydrogen) atoms. The Bertz CT molecular complexity index is 601. The summed E-state index contributed by atoms with van der Waals surface area (Å²) < 4.78 is 0. The summed E-state index contributed by atoms with van der Waals surface area (Å²) >= 11 is 6.09. The van der Waals surface area contributed by atoms with Gasteiger partial charge in [-0.2, -0.15) is 0 Å². The van der Waals surface area contributed by atoms with Crippen molar-refractivity contribution in [3.8, 4) is 0 Å². The van der Waals surface area contributed by atoms with Gasteiger partial charge >= 0.3 is 0 Å². The molecule has 0 atom stereocenters. The van der Waals surface area contributed by atoms with E-state index in [-0.39, 0.29) is 5.91 Å². The molecule has 0 unspecified atom stereocenters. The normalized spacial score (nSPS) is 10.1. The third-order valence-corrected chi connectivity index (χ3v) is 3.01. The molecule has 104 valence electrons. The van der Waals surface area contributed by atoms with Gasteiger partial charge in [-0.3, -0.25) is 9.78 Å². The van der Waals surface area contributed by atoms with Crippen molar-refractivity contribution in [2.45, 2.75) is 13.3 Å². The van der Waals surface area contributed by atoms with Crippen LogP contribution >= 0.6 is 11.6 Å². The van der Waals surface area contributed by atoms with Crippen LogP contribution in [0, 0.1) is 0 Å². The molecule has 0 saturated carbocycles. The summed E-state index contributed by atoms with van der Waals surface area (Å²) in [4.78, 5) is 15.9. The minimum Gasteiger partial charge on any atom is -0.354 e.